The van der Waals surface area contributed by atoms with Crippen LogP contribution in [0.4, 0.5) is 0 Å². The van der Waals surface area contributed by atoms with Gasteiger partial charge in [-0.15, -0.1) is 0 Å². The number of nitrogens with two attached hydrogens (primary N) is 1. The molecular weight excluding hydrogens is 218 g/mol. The average Bonchev–Trinajstić information content (AvgIpc) is 2.86. The van der Waals surface area contributed by atoms with E-state index in [4.69, 9.17) is 19.9 Å². The molecule has 0 atom stereocenters. The lowest BCUT2D eigenvalue weighted by Crippen LogP contribution is -2.40. The average molecular weight is 235 g/mol. The lowest BCUT2D eigenvalue weighted by molar-refractivity contribution is 0.0529. The molecule has 2 N–H and O–H groups in total. The predicted molar refractivity (Wildman–Crippen MR) is 63.4 cm³/mol. The number of ether oxygens (including phenoxy) is 3. The zero-order valence-corrected chi connectivity index (χ0v) is 9.78. The minimum atomic E-state index is 0.0409. The van der Waals surface area contributed by atoms with Crippen molar-refractivity contribution in [1.82, 2.24) is 0 Å². The van der Waals surface area contributed by atoms with Crippen LogP contribution in [0.25, 0.3) is 0 Å². The Kier molecular flexibility index (Phi) is 2.68. The summed E-state index contributed by atoms with van der Waals surface area (Å²) in [5.41, 5.74) is 7.27. The standard InChI is InChI=1S/C13H17NO3/c14-8-13(3-5-15-6-4-13)10-1-2-11-12(7-10)17-9-16-11/h1-2,7H,3-6,8-9,14H2. The van der Waals surface area contributed by atoms with E-state index < -0.39 is 0 Å². The van der Waals surface area contributed by atoms with E-state index in [1.165, 1.54) is 5.56 Å². The van der Waals surface area contributed by atoms with E-state index in [0.717, 1.165) is 37.6 Å². The van der Waals surface area contributed by atoms with Crippen LogP contribution in [0.1, 0.15) is 18.4 Å². The van der Waals surface area contributed by atoms with Crippen LogP contribution >= 0.6 is 0 Å². The van der Waals surface area contributed by atoms with Gasteiger partial charge in [-0.3, -0.25) is 0 Å². The summed E-state index contributed by atoms with van der Waals surface area (Å²) in [6.45, 7) is 2.53. The summed E-state index contributed by atoms with van der Waals surface area (Å²) in [6, 6.07) is 6.15. The van der Waals surface area contributed by atoms with E-state index in [9.17, 15) is 0 Å². The molecule has 0 aliphatic carbocycles. The Morgan fingerprint density at radius 2 is 1.88 bits per heavy atom. The first kappa shape index (κ1) is 10.9. The summed E-state index contributed by atoms with van der Waals surface area (Å²) >= 11 is 0. The third-order valence-electron chi connectivity index (χ3n) is 3.83. The summed E-state index contributed by atoms with van der Waals surface area (Å²) in [4.78, 5) is 0. The summed E-state index contributed by atoms with van der Waals surface area (Å²) in [6.07, 6.45) is 1.95. The Morgan fingerprint density at radius 1 is 1.12 bits per heavy atom. The molecule has 1 fully saturated rings. The third kappa shape index (κ3) is 1.77. The molecule has 0 radical (unpaired) electrons. The highest BCUT2D eigenvalue weighted by atomic mass is 16.7. The third-order valence-corrected chi connectivity index (χ3v) is 3.83. The van der Waals surface area contributed by atoms with Crippen LogP contribution in [0.5, 0.6) is 11.5 Å². The first-order chi connectivity index (χ1) is 8.34. The number of benzene rings is 1. The highest BCUT2D eigenvalue weighted by Crippen LogP contribution is 2.40. The van der Waals surface area contributed by atoms with Gasteiger partial charge in [0.1, 0.15) is 0 Å². The second kappa shape index (κ2) is 4.20. The van der Waals surface area contributed by atoms with Gasteiger partial charge >= 0.3 is 0 Å². The van der Waals surface area contributed by atoms with Crippen LogP contribution in [0.15, 0.2) is 18.2 Å². The van der Waals surface area contributed by atoms with E-state index in [0.29, 0.717) is 13.3 Å². The lowest BCUT2D eigenvalue weighted by atomic mass is 9.74. The van der Waals surface area contributed by atoms with Crippen LogP contribution < -0.4 is 15.2 Å². The van der Waals surface area contributed by atoms with Gasteiger partial charge in [-0.1, -0.05) is 6.07 Å². The van der Waals surface area contributed by atoms with Crippen molar-refractivity contribution in [1.29, 1.82) is 0 Å². The van der Waals surface area contributed by atoms with E-state index in [-0.39, 0.29) is 5.41 Å². The molecule has 4 heteroatoms. The second-order valence-corrected chi connectivity index (χ2v) is 4.66. The highest BCUT2D eigenvalue weighted by molar-refractivity contribution is 5.46. The Hall–Kier alpha value is -1.26. The zero-order valence-electron chi connectivity index (χ0n) is 9.78. The molecule has 0 amide bonds. The summed E-state index contributed by atoms with van der Waals surface area (Å²) in [5.74, 6) is 1.66. The van der Waals surface area contributed by atoms with Gasteiger partial charge in [0.2, 0.25) is 6.79 Å². The Labute approximate surface area is 101 Å². The van der Waals surface area contributed by atoms with Crippen molar-refractivity contribution in [2.75, 3.05) is 26.6 Å². The Bertz CT molecular complexity index is 413. The molecule has 0 aromatic heterocycles. The van der Waals surface area contributed by atoms with Crippen molar-refractivity contribution in [3.63, 3.8) is 0 Å². The van der Waals surface area contributed by atoms with E-state index in [1.807, 2.05) is 6.07 Å². The number of hydrogen-bond donors (Lipinski definition) is 1. The van der Waals surface area contributed by atoms with Gasteiger partial charge in [-0.05, 0) is 30.5 Å². The minimum absolute atomic E-state index is 0.0409. The molecule has 0 bridgehead atoms. The van der Waals surface area contributed by atoms with Crippen LogP contribution in [0, 0.1) is 0 Å². The monoisotopic (exact) mass is 235 g/mol. The first-order valence-electron chi connectivity index (χ1n) is 6.02. The molecule has 0 spiro atoms. The molecular formula is C13H17NO3. The number of hydrogen-bond acceptors (Lipinski definition) is 4. The van der Waals surface area contributed by atoms with Crippen molar-refractivity contribution in [2.45, 2.75) is 18.3 Å². The van der Waals surface area contributed by atoms with Crippen LogP contribution in [0.2, 0.25) is 0 Å². The molecule has 1 aromatic rings. The molecule has 3 rings (SSSR count). The van der Waals surface area contributed by atoms with Crippen molar-refractivity contribution in [3.8, 4) is 11.5 Å². The number of rotatable bonds is 2. The minimum Gasteiger partial charge on any atom is -0.454 e. The van der Waals surface area contributed by atoms with Gasteiger partial charge in [-0.2, -0.15) is 0 Å². The molecule has 4 nitrogen and oxygen atoms in total. The van der Waals surface area contributed by atoms with Crippen molar-refractivity contribution in [3.05, 3.63) is 23.8 Å². The van der Waals surface area contributed by atoms with Gasteiger partial charge in [0.05, 0.1) is 0 Å². The van der Waals surface area contributed by atoms with Gasteiger partial charge in [0, 0.05) is 25.2 Å². The molecule has 0 saturated carbocycles. The van der Waals surface area contributed by atoms with Crippen molar-refractivity contribution in [2.24, 2.45) is 5.73 Å². The maximum Gasteiger partial charge on any atom is 0.231 e. The quantitative estimate of drug-likeness (QED) is 0.842. The van der Waals surface area contributed by atoms with Gasteiger partial charge in [0.25, 0.3) is 0 Å². The molecule has 17 heavy (non-hydrogen) atoms. The molecule has 2 aliphatic rings. The van der Waals surface area contributed by atoms with Crippen LogP contribution in [0.3, 0.4) is 0 Å². The van der Waals surface area contributed by atoms with Crippen molar-refractivity contribution < 1.29 is 14.2 Å². The van der Waals surface area contributed by atoms with E-state index >= 15 is 0 Å². The predicted octanol–water partition coefficient (Wildman–Crippen LogP) is 1.42. The summed E-state index contributed by atoms with van der Waals surface area (Å²) in [7, 11) is 0. The normalized spacial score (nSPS) is 21.5. The van der Waals surface area contributed by atoms with Gasteiger partial charge in [0.15, 0.2) is 11.5 Å². The summed E-state index contributed by atoms with van der Waals surface area (Å²) < 4.78 is 16.2. The smallest absolute Gasteiger partial charge is 0.231 e. The SMILES string of the molecule is NCC1(c2ccc3c(c2)OCO3)CCOCC1. The second-order valence-electron chi connectivity index (χ2n) is 4.66. The molecule has 1 saturated heterocycles. The van der Waals surface area contributed by atoms with Crippen molar-refractivity contribution >= 4 is 0 Å². The van der Waals surface area contributed by atoms with Gasteiger partial charge in [-0.25, -0.2) is 0 Å². The Morgan fingerprint density at radius 3 is 2.65 bits per heavy atom. The van der Waals surface area contributed by atoms with Crippen LogP contribution in [-0.2, 0) is 10.2 Å². The molecule has 2 aliphatic heterocycles. The van der Waals surface area contributed by atoms with E-state index in [1.54, 1.807) is 0 Å². The molecule has 0 unspecified atom stereocenters. The van der Waals surface area contributed by atoms with Gasteiger partial charge < -0.3 is 19.9 Å². The highest BCUT2D eigenvalue weighted by Gasteiger charge is 2.34. The maximum absolute atomic E-state index is 5.99. The Balaban J connectivity index is 1.96. The topological polar surface area (TPSA) is 53.7 Å². The fourth-order valence-electron chi connectivity index (χ4n) is 2.60. The maximum atomic E-state index is 5.99. The largest absolute Gasteiger partial charge is 0.454 e. The van der Waals surface area contributed by atoms with E-state index in [2.05, 4.69) is 12.1 Å². The molecule has 1 aromatic carbocycles. The first-order valence-corrected chi connectivity index (χ1v) is 6.02. The molecule has 2 heterocycles. The zero-order chi connectivity index (χ0) is 11.7. The summed E-state index contributed by atoms with van der Waals surface area (Å²) in [5, 5.41) is 0. The fourth-order valence-corrected chi connectivity index (χ4v) is 2.60. The number of fused-ring (bicyclic) bond motifs is 1. The van der Waals surface area contributed by atoms with Crippen LogP contribution in [-0.4, -0.2) is 26.6 Å². The molecule has 92 valence electrons. The lowest BCUT2D eigenvalue weighted by Gasteiger charge is -2.36. The fraction of sp³-hybridized carbons (Fsp3) is 0.538.